The van der Waals surface area contributed by atoms with Crippen LogP contribution >= 0.6 is 0 Å². The van der Waals surface area contributed by atoms with Gasteiger partial charge in [-0.15, -0.1) is 13.2 Å². The first kappa shape index (κ1) is 19.7. The molecule has 150 valence electrons. The Balaban J connectivity index is 1.91. The third-order valence-electron chi connectivity index (χ3n) is 3.88. The summed E-state index contributed by atoms with van der Waals surface area (Å²) in [6.45, 7) is 1.21. The first-order valence-corrected chi connectivity index (χ1v) is 8.41. The van der Waals surface area contributed by atoms with Gasteiger partial charge in [-0.25, -0.2) is 9.78 Å². The van der Waals surface area contributed by atoms with Gasteiger partial charge in [0.25, 0.3) is 0 Å². The van der Waals surface area contributed by atoms with Gasteiger partial charge in [0.05, 0.1) is 12.7 Å². The number of anilines is 1. The molecule has 0 saturated carbocycles. The SMILES string of the molecule is CN(C)CCNc1ncc2[nH]c(=O)n(Cc3ccccc3OC(F)(F)F)c2n1. The summed E-state index contributed by atoms with van der Waals surface area (Å²) in [5.74, 6) is -0.0448. The molecule has 11 heteroatoms. The number of imidazole rings is 1. The van der Waals surface area contributed by atoms with E-state index in [9.17, 15) is 18.0 Å². The van der Waals surface area contributed by atoms with Crippen molar-refractivity contribution < 1.29 is 17.9 Å². The predicted molar refractivity (Wildman–Crippen MR) is 97.4 cm³/mol. The van der Waals surface area contributed by atoms with E-state index >= 15 is 0 Å². The summed E-state index contributed by atoms with van der Waals surface area (Å²) in [7, 11) is 3.85. The summed E-state index contributed by atoms with van der Waals surface area (Å²) < 4.78 is 43.2. The van der Waals surface area contributed by atoms with Crippen LogP contribution in [0.5, 0.6) is 5.75 Å². The molecule has 3 aromatic rings. The van der Waals surface area contributed by atoms with Crippen LogP contribution in [0.15, 0.2) is 35.3 Å². The minimum atomic E-state index is -4.83. The fourth-order valence-electron chi connectivity index (χ4n) is 2.60. The summed E-state index contributed by atoms with van der Waals surface area (Å²) in [5.41, 5.74) is 0.367. The molecule has 0 radical (unpaired) electrons. The van der Waals surface area contributed by atoms with Crippen LogP contribution in [-0.4, -0.2) is 58.0 Å². The Morgan fingerprint density at radius 1 is 1.29 bits per heavy atom. The maximum absolute atomic E-state index is 12.6. The molecule has 0 bridgehead atoms. The highest BCUT2D eigenvalue weighted by atomic mass is 19.4. The number of para-hydroxylation sites is 1. The van der Waals surface area contributed by atoms with Gasteiger partial charge < -0.3 is 19.9 Å². The Labute approximate surface area is 158 Å². The normalized spacial score (nSPS) is 11.9. The smallest absolute Gasteiger partial charge is 0.405 e. The van der Waals surface area contributed by atoms with Crippen LogP contribution in [0.4, 0.5) is 19.1 Å². The maximum Gasteiger partial charge on any atom is 0.573 e. The molecule has 8 nitrogen and oxygen atoms in total. The molecule has 3 rings (SSSR count). The molecule has 0 fully saturated rings. The lowest BCUT2D eigenvalue weighted by molar-refractivity contribution is -0.274. The van der Waals surface area contributed by atoms with Crippen LogP contribution in [0, 0.1) is 0 Å². The largest absolute Gasteiger partial charge is 0.573 e. The number of fused-ring (bicyclic) bond motifs is 1. The standard InChI is InChI=1S/C17H19F3N6O2/c1-25(2)8-7-21-15-22-9-12-14(24-15)26(16(27)23-12)10-11-5-3-4-6-13(11)28-17(18,19)20/h3-6,9H,7-8,10H2,1-2H3,(H,23,27)(H,21,22,24). The molecule has 0 unspecified atom stereocenters. The lowest BCUT2D eigenvalue weighted by atomic mass is 10.2. The molecule has 28 heavy (non-hydrogen) atoms. The Bertz CT molecular complexity index is 1010. The van der Waals surface area contributed by atoms with Gasteiger partial charge in [-0.3, -0.25) is 4.57 Å². The quantitative estimate of drug-likeness (QED) is 0.636. The average Bonchev–Trinajstić information content (AvgIpc) is 2.90. The lowest BCUT2D eigenvalue weighted by Gasteiger charge is -2.13. The van der Waals surface area contributed by atoms with E-state index in [4.69, 9.17) is 0 Å². The van der Waals surface area contributed by atoms with E-state index in [-0.39, 0.29) is 23.5 Å². The van der Waals surface area contributed by atoms with Crippen LogP contribution in [0.1, 0.15) is 5.56 Å². The van der Waals surface area contributed by atoms with Gasteiger partial charge in [0.15, 0.2) is 5.65 Å². The van der Waals surface area contributed by atoms with Gasteiger partial charge in [-0.05, 0) is 20.2 Å². The van der Waals surface area contributed by atoms with Crippen molar-refractivity contribution >= 4 is 17.1 Å². The second-order valence-electron chi connectivity index (χ2n) is 6.33. The summed E-state index contributed by atoms with van der Waals surface area (Å²) in [6.07, 6.45) is -3.37. The molecule has 1 aromatic carbocycles. The summed E-state index contributed by atoms with van der Waals surface area (Å²) in [6, 6.07) is 5.66. The molecule has 0 aliphatic carbocycles. The van der Waals surface area contributed by atoms with Crippen molar-refractivity contribution in [3.8, 4) is 5.75 Å². The average molecular weight is 396 g/mol. The fraction of sp³-hybridized carbons (Fsp3) is 0.353. The number of benzene rings is 1. The number of hydrogen-bond acceptors (Lipinski definition) is 6. The molecule has 0 amide bonds. The van der Waals surface area contributed by atoms with Crippen LogP contribution in [0.25, 0.3) is 11.2 Å². The second kappa shape index (κ2) is 7.89. The fourth-order valence-corrected chi connectivity index (χ4v) is 2.60. The number of halogens is 3. The predicted octanol–water partition coefficient (Wildman–Crippen LogP) is 2.04. The van der Waals surface area contributed by atoms with Crippen molar-refractivity contribution in [2.24, 2.45) is 0 Å². The number of nitrogens with one attached hydrogen (secondary N) is 2. The first-order chi connectivity index (χ1) is 13.2. The molecule has 2 N–H and O–H groups in total. The van der Waals surface area contributed by atoms with E-state index in [1.54, 1.807) is 6.07 Å². The molecule has 2 aromatic heterocycles. The number of likely N-dealkylation sites (N-methyl/N-ethyl adjacent to an activating group) is 1. The third-order valence-corrected chi connectivity index (χ3v) is 3.88. The van der Waals surface area contributed by atoms with E-state index in [0.29, 0.717) is 18.0 Å². The molecule has 0 saturated heterocycles. The highest BCUT2D eigenvalue weighted by Gasteiger charge is 2.32. The molecule has 0 spiro atoms. The summed E-state index contributed by atoms with van der Waals surface area (Å²) >= 11 is 0. The maximum atomic E-state index is 12.6. The van der Waals surface area contributed by atoms with Crippen molar-refractivity contribution in [2.75, 3.05) is 32.5 Å². The zero-order valence-corrected chi connectivity index (χ0v) is 15.2. The van der Waals surface area contributed by atoms with E-state index in [1.165, 1.54) is 29.0 Å². The van der Waals surface area contributed by atoms with E-state index in [0.717, 1.165) is 6.54 Å². The lowest BCUT2D eigenvalue weighted by Crippen LogP contribution is -2.22. The van der Waals surface area contributed by atoms with Crippen LogP contribution in [0.3, 0.4) is 0 Å². The van der Waals surface area contributed by atoms with Gasteiger partial charge in [0, 0.05) is 18.7 Å². The number of aromatic nitrogens is 4. The Hall–Kier alpha value is -3.08. The molecule has 0 aliphatic rings. The highest BCUT2D eigenvalue weighted by Crippen LogP contribution is 2.27. The topological polar surface area (TPSA) is 88.1 Å². The highest BCUT2D eigenvalue weighted by molar-refractivity contribution is 5.71. The summed E-state index contributed by atoms with van der Waals surface area (Å²) in [4.78, 5) is 25.3. The van der Waals surface area contributed by atoms with Gasteiger partial charge >= 0.3 is 12.1 Å². The molecular formula is C17H19F3N6O2. The summed E-state index contributed by atoms with van der Waals surface area (Å²) in [5, 5.41) is 3.04. The minimum Gasteiger partial charge on any atom is -0.405 e. The van der Waals surface area contributed by atoms with Crippen molar-refractivity contribution in [3.05, 3.63) is 46.5 Å². The number of alkyl halides is 3. The number of ether oxygens (including phenoxy) is 1. The van der Waals surface area contributed by atoms with Crippen LogP contribution < -0.4 is 15.7 Å². The second-order valence-corrected chi connectivity index (χ2v) is 6.33. The van der Waals surface area contributed by atoms with E-state index in [2.05, 4.69) is 25.0 Å². The van der Waals surface area contributed by atoms with Gasteiger partial charge in [-0.2, -0.15) is 4.98 Å². The number of hydrogen-bond donors (Lipinski definition) is 2. The van der Waals surface area contributed by atoms with Gasteiger partial charge in [0.1, 0.15) is 11.3 Å². The first-order valence-electron chi connectivity index (χ1n) is 8.41. The van der Waals surface area contributed by atoms with Crippen LogP contribution in [-0.2, 0) is 6.54 Å². The molecular weight excluding hydrogens is 377 g/mol. The van der Waals surface area contributed by atoms with Gasteiger partial charge in [-0.1, -0.05) is 18.2 Å². The van der Waals surface area contributed by atoms with Crippen molar-refractivity contribution in [1.82, 2.24) is 24.4 Å². The Morgan fingerprint density at radius 3 is 2.75 bits per heavy atom. The number of H-pyrrole nitrogens is 1. The molecule has 0 atom stereocenters. The zero-order valence-electron chi connectivity index (χ0n) is 15.2. The van der Waals surface area contributed by atoms with Crippen molar-refractivity contribution in [3.63, 3.8) is 0 Å². The van der Waals surface area contributed by atoms with Crippen LogP contribution in [0.2, 0.25) is 0 Å². The Morgan fingerprint density at radius 2 is 2.04 bits per heavy atom. The van der Waals surface area contributed by atoms with Crippen molar-refractivity contribution in [2.45, 2.75) is 12.9 Å². The number of rotatable bonds is 7. The van der Waals surface area contributed by atoms with Crippen molar-refractivity contribution in [1.29, 1.82) is 0 Å². The monoisotopic (exact) mass is 396 g/mol. The Kier molecular flexibility index (Phi) is 5.54. The minimum absolute atomic E-state index is 0.140. The van der Waals surface area contributed by atoms with Gasteiger partial charge in [0.2, 0.25) is 5.95 Å². The number of nitrogens with zero attached hydrogens (tertiary/aromatic N) is 4. The molecule has 0 aliphatic heterocycles. The third kappa shape index (κ3) is 4.80. The van der Waals surface area contributed by atoms with E-state index in [1.807, 2.05) is 19.0 Å². The number of aromatic amines is 1. The molecule has 2 heterocycles. The van der Waals surface area contributed by atoms with E-state index < -0.39 is 12.1 Å². The zero-order chi connectivity index (χ0) is 20.3.